The molecule has 0 aliphatic carbocycles. The van der Waals surface area contributed by atoms with Gasteiger partial charge >= 0.3 is 0 Å². The number of carbonyl (C=O) groups excluding carboxylic acids is 1. The van der Waals surface area contributed by atoms with Crippen LogP contribution in [0.4, 0.5) is 0 Å². The highest BCUT2D eigenvalue weighted by Gasteiger charge is 2.12. The van der Waals surface area contributed by atoms with Crippen LogP contribution in [0.2, 0.25) is 0 Å². The average molecular weight is 270 g/mol. The van der Waals surface area contributed by atoms with E-state index in [0.29, 0.717) is 12.2 Å². The van der Waals surface area contributed by atoms with E-state index in [-0.39, 0.29) is 12.5 Å². The van der Waals surface area contributed by atoms with Gasteiger partial charge in [0.15, 0.2) is 0 Å². The van der Waals surface area contributed by atoms with Gasteiger partial charge in [-0.3, -0.25) is 4.79 Å². The highest BCUT2D eigenvalue weighted by molar-refractivity contribution is 5.76. The van der Waals surface area contributed by atoms with Gasteiger partial charge in [-0.15, -0.1) is 10.2 Å². The fourth-order valence-corrected chi connectivity index (χ4v) is 1.61. The van der Waals surface area contributed by atoms with E-state index in [0.717, 1.165) is 5.56 Å². The van der Waals surface area contributed by atoms with E-state index in [9.17, 15) is 4.79 Å². The van der Waals surface area contributed by atoms with E-state index >= 15 is 0 Å². The smallest absolute Gasteiger partial charge is 0.244 e. The predicted molar refractivity (Wildman–Crippen MR) is 71.1 cm³/mol. The number of tetrazole rings is 1. The molecule has 0 fully saturated rings. The molecule has 102 valence electrons. The Labute approximate surface area is 116 Å². The molecule has 1 unspecified atom stereocenters. The number of amides is 1. The summed E-state index contributed by atoms with van der Waals surface area (Å²) >= 11 is 0. The third kappa shape index (κ3) is 3.38. The molecule has 0 aliphatic rings. The monoisotopic (exact) mass is 270 g/mol. The molecule has 1 N–H and O–H groups in total. The zero-order chi connectivity index (χ0) is 14.4. The Morgan fingerprint density at radius 2 is 2.20 bits per heavy atom. The number of hydrogen-bond donors (Lipinski definition) is 1. The number of carbonyl (C=O) groups is 1. The minimum atomic E-state index is -0.486. The average Bonchev–Trinajstić information content (AvgIpc) is 2.94. The molecule has 1 heterocycles. The zero-order valence-corrected chi connectivity index (χ0v) is 11.0. The van der Waals surface area contributed by atoms with Gasteiger partial charge in [-0.1, -0.05) is 37.3 Å². The van der Waals surface area contributed by atoms with Crippen molar-refractivity contribution in [2.24, 2.45) is 0 Å². The molecule has 2 aromatic rings. The van der Waals surface area contributed by atoms with Gasteiger partial charge in [-0.25, -0.2) is 0 Å². The van der Waals surface area contributed by atoms with Crippen molar-refractivity contribution in [3.05, 3.63) is 30.3 Å². The summed E-state index contributed by atoms with van der Waals surface area (Å²) in [6, 6.07) is 10.9. The lowest BCUT2D eigenvalue weighted by molar-refractivity contribution is -0.122. The van der Waals surface area contributed by atoms with Crippen LogP contribution in [0.15, 0.2) is 30.3 Å². The van der Waals surface area contributed by atoms with Crippen LogP contribution < -0.4 is 5.32 Å². The minimum Gasteiger partial charge on any atom is -0.339 e. The molecule has 1 atom stereocenters. The van der Waals surface area contributed by atoms with Gasteiger partial charge < -0.3 is 5.32 Å². The second kappa shape index (κ2) is 6.43. The Morgan fingerprint density at radius 3 is 2.85 bits per heavy atom. The number of hydrogen-bond acceptors (Lipinski definition) is 5. The van der Waals surface area contributed by atoms with Crippen LogP contribution in [0.5, 0.6) is 0 Å². The lowest BCUT2D eigenvalue weighted by Gasteiger charge is -2.07. The number of benzene rings is 1. The molecule has 1 aromatic heterocycles. The van der Waals surface area contributed by atoms with Crippen LogP contribution in [0.1, 0.15) is 13.3 Å². The highest BCUT2D eigenvalue weighted by Crippen LogP contribution is 2.11. The standard InChI is InChI=1S/C13H14N6O/c1-2-11(8-14)15-12(20)9-19-17-13(16-18-19)10-6-4-3-5-7-10/h3-7,11H,2,9H2,1H3,(H,15,20). The van der Waals surface area contributed by atoms with Gasteiger partial charge in [0.2, 0.25) is 11.7 Å². The molecular weight excluding hydrogens is 256 g/mol. The summed E-state index contributed by atoms with van der Waals surface area (Å²) in [7, 11) is 0. The SMILES string of the molecule is CCC(C#N)NC(=O)Cn1nnc(-c2ccccc2)n1. The summed E-state index contributed by atoms with van der Waals surface area (Å²) in [5.41, 5.74) is 0.836. The number of nitrogens with one attached hydrogen (secondary N) is 1. The maximum Gasteiger partial charge on any atom is 0.244 e. The first kappa shape index (κ1) is 13.7. The van der Waals surface area contributed by atoms with Crippen molar-refractivity contribution >= 4 is 5.91 Å². The first-order chi connectivity index (χ1) is 9.72. The van der Waals surface area contributed by atoms with Gasteiger partial charge in [-0.05, 0) is 11.6 Å². The molecule has 0 aliphatic heterocycles. The lowest BCUT2D eigenvalue weighted by Crippen LogP contribution is -2.36. The van der Waals surface area contributed by atoms with Crippen LogP contribution in [0.25, 0.3) is 11.4 Å². The quantitative estimate of drug-likeness (QED) is 0.865. The Hall–Kier alpha value is -2.75. The predicted octanol–water partition coefficient (Wildman–Crippen LogP) is 0.758. The lowest BCUT2D eigenvalue weighted by atomic mass is 10.2. The molecule has 1 aromatic carbocycles. The fraction of sp³-hybridized carbons (Fsp3) is 0.308. The van der Waals surface area contributed by atoms with Crippen molar-refractivity contribution in [3.63, 3.8) is 0 Å². The van der Waals surface area contributed by atoms with Crippen molar-refractivity contribution in [2.45, 2.75) is 25.9 Å². The molecule has 0 spiro atoms. The Bertz CT molecular complexity index is 615. The minimum absolute atomic E-state index is 0.0575. The number of aromatic nitrogens is 4. The molecule has 2 rings (SSSR count). The fourth-order valence-electron chi connectivity index (χ4n) is 1.61. The Kier molecular flexibility index (Phi) is 4.39. The van der Waals surface area contributed by atoms with Crippen LogP contribution in [-0.2, 0) is 11.3 Å². The number of rotatable bonds is 5. The first-order valence-electron chi connectivity index (χ1n) is 6.25. The summed E-state index contributed by atoms with van der Waals surface area (Å²) in [4.78, 5) is 12.9. The molecule has 7 nitrogen and oxygen atoms in total. The van der Waals surface area contributed by atoms with Crippen molar-refractivity contribution in [1.29, 1.82) is 5.26 Å². The van der Waals surface area contributed by atoms with Crippen LogP contribution >= 0.6 is 0 Å². The molecule has 0 saturated heterocycles. The van der Waals surface area contributed by atoms with E-state index in [4.69, 9.17) is 5.26 Å². The van der Waals surface area contributed by atoms with Crippen molar-refractivity contribution in [3.8, 4) is 17.5 Å². The van der Waals surface area contributed by atoms with E-state index in [1.165, 1.54) is 4.80 Å². The maximum absolute atomic E-state index is 11.7. The molecule has 0 saturated carbocycles. The molecule has 0 radical (unpaired) electrons. The van der Waals surface area contributed by atoms with Gasteiger partial charge in [-0.2, -0.15) is 10.1 Å². The topological polar surface area (TPSA) is 96.5 Å². The van der Waals surface area contributed by atoms with Gasteiger partial charge in [0.05, 0.1) is 6.07 Å². The van der Waals surface area contributed by atoms with E-state index in [1.807, 2.05) is 43.3 Å². The second-order valence-corrected chi connectivity index (χ2v) is 4.17. The molecular formula is C13H14N6O. The highest BCUT2D eigenvalue weighted by atomic mass is 16.2. The Balaban J connectivity index is 2.00. The summed E-state index contributed by atoms with van der Waals surface area (Å²) < 4.78 is 0. The molecule has 7 heteroatoms. The van der Waals surface area contributed by atoms with Gasteiger partial charge in [0.1, 0.15) is 12.6 Å². The van der Waals surface area contributed by atoms with Crippen molar-refractivity contribution in [1.82, 2.24) is 25.5 Å². The van der Waals surface area contributed by atoms with Gasteiger partial charge in [0.25, 0.3) is 0 Å². The molecule has 1 amide bonds. The van der Waals surface area contributed by atoms with Crippen LogP contribution in [0.3, 0.4) is 0 Å². The maximum atomic E-state index is 11.7. The largest absolute Gasteiger partial charge is 0.339 e. The first-order valence-corrected chi connectivity index (χ1v) is 6.25. The van der Waals surface area contributed by atoms with Crippen LogP contribution in [-0.4, -0.2) is 32.2 Å². The van der Waals surface area contributed by atoms with Crippen molar-refractivity contribution in [2.75, 3.05) is 0 Å². The van der Waals surface area contributed by atoms with E-state index in [1.54, 1.807) is 0 Å². The van der Waals surface area contributed by atoms with Gasteiger partial charge in [0, 0.05) is 5.56 Å². The second-order valence-electron chi connectivity index (χ2n) is 4.17. The summed E-state index contributed by atoms with van der Waals surface area (Å²) in [5, 5.41) is 23.2. The number of nitrogens with zero attached hydrogens (tertiary/aromatic N) is 5. The summed E-state index contributed by atoms with van der Waals surface area (Å²) in [6.45, 7) is 1.77. The molecule has 0 bridgehead atoms. The Morgan fingerprint density at radius 1 is 1.45 bits per heavy atom. The zero-order valence-electron chi connectivity index (χ0n) is 11.0. The van der Waals surface area contributed by atoms with E-state index < -0.39 is 6.04 Å². The van der Waals surface area contributed by atoms with Crippen LogP contribution in [0, 0.1) is 11.3 Å². The molecule has 20 heavy (non-hydrogen) atoms. The summed E-state index contributed by atoms with van der Waals surface area (Å²) in [6.07, 6.45) is 0.558. The summed E-state index contributed by atoms with van der Waals surface area (Å²) in [5.74, 6) is 0.154. The third-order valence-corrected chi connectivity index (χ3v) is 2.67. The van der Waals surface area contributed by atoms with Crippen molar-refractivity contribution < 1.29 is 4.79 Å². The normalized spacial score (nSPS) is 11.6. The number of nitriles is 1. The third-order valence-electron chi connectivity index (χ3n) is 2.67. The van der Waals surface area contributed by atoms with E-state index in [2.05, 4.69) is 20.7 Å².